The Hall–Kier alpha value is -1.58. The van der Waals surface area contributed by atoms with Gasteiger partial charge in [0.25, 0.3) is 8.32 Å². The molecule has 2 aromatic rings. The van der Waals surface area contributed by atoms with Crippen LogP contribution in [0.5, 0.6) is 0 Å². The number of hydrogen-bond acceptors (Lipinski definition) is 6. The second-order valence-electron chi connectivity index (χ2n) is 10.4. The first-order chi connectivity index (χ1) is 16.1. The van der Waals surface area contributed by atoms with Crippen molar-refractivity contribution in [3.8, 4) is 0 Å². The van der Waals surface area contributed by atoms with Crippen molar-refractivity contribution in [3.05, 3.63) is 60.7 Å². The van der Waals surface area contributed by atoms with Crippen LogP contribution in [0.4, 0.5) is 0 Å². The topological polar surface area (TPSA) is 58.7 Å². The molecule has 0 bridgehead atoms. The number of epoxide rings is 1. The van der Waals surface area contributed by atoms with Gasteiger partial charge in [0.2, 0.25) is 11.6 Å². The Kier molecular flexibility index (Phi) is 7.10. The fourth-order valence-electron chi connectivity index (χ4n) is 5.03. The molecule has 34 heavy (non-hydrogen) atoms. The fourth-order valence-corrected chi connectivity index (χ4v) is 9.60. The molecule has 2 aromatic carbocycles. The van der Waals surface area contributed by atoms with Crippen molar-refractivity contribution in [2.45, 2.75) is 69.5 Å². The van der Waals surface area contributed by atoms with E-state index in [0.29, 0.717) is 13.2 Å². The number of hydrogen-bond donors (Lipinski definition) is 0. The Morgan fingerprint density at radius 1 is 0.853 bits per heavy atom. The molecule has 0 radical (unpaired) electrons. The highest BCUT2D eigenvalue weighted by Gasteiger charge is 2.60. The SMILES string of the molecule is CO[C@@]1(C)O[C@H](C2CO2)[C@@H](CO[Si](c2ccccc2)(c2ccccc2)C(C)(C)C)O[C@]1(C)OC. The largest absolute Gasteiger partial charge is 0.405 e. The Balaban J connectivity index is 1.73. The zero-order valence-corrected chi connectivity index (χ0v) is 22.4. The molecule has 5 atom stereocenters. The van der Waals surface area contributed by atoms with Crippen LogP contribution in [0.3, 0.4) is 0 Å². The van der Waals surface area contributed by atoms with Gasteiger partial charge in [-0.25, -0.2) is 0 Å². The molecule has 2 aliphatic heterocycles. The van der Waals surface area contributed by atoms with Crippen LogP contribution in [-0.4, -0.2) is 65.6 Å². The standard InChI is InChI=1S/C27H38O6Si/c1-25(2,3)34(20-14-10-8-11-15-20,21-16-12-9-13-17-21)31-19-23-24(22-18-30-22)33-27(5,29-7)26(4,28-6)32-23/h8-17,22-24H,18-19H2,1-7H3/t22?,23-,24-,26+,27+/m1/s1. The lowest BCUT2D eigenvalue weighted by Gasteiger charge is -2.52. The highest BCUT2D eigenvalue weighted by molar-refractivity contribution is 6.99. The second-order valence-corrected chi connectivity index (χ2v) is 14.7. The third-order valence-corrected chi connectivity index (χ3v) is 12.3. The van der Waals surface area contributed by atoms with Crippen molar-refractivity contribution in [2.75, 3.05) is 27.4 Å². The monoisotopic (exact) mass is 486 g/mol. The Bertz CT molecular complexity index is 905. The van der Waals surface area contributed by atoms with Crippen LogP contribution >= 0.6 is 0 Å². The maximum Gasteiger partial charge on any atom is 0.261 e. The number of rotatable bonds is 8. The quantitative estimate of drug-likeness (QED) is 0.421. The molecule has 0 spiro atoms. The molecule has 6 nitrogen and oxygen atoms in total. The summed E-state index contributed by atoms with van der Waals surface area (Å²) in [4.78, 5) is 0. The third kappa shape index (κ3) is 4.39. The van der Waals surface area contributed by atoms with Gasteiger partial charge >= 0.3 is 0 Å². The molecule has 0 aliphatic carbocycles. The van der Waals surface area contributed by atoms with Crippen LogP contribution in [-0.2, 0) is 28.1 Å². The van der Waals surface area contributed by atoms with Gasteiger partial charge in [0.05, 0.1) is 13.2 Å². The van der Waals surface area contributed by atoms with Crippen molar-refractivity contribution in [2.24, 2.45) is 0 Å². The van der Waals surface area contributed by atoms with Crippen molar-refractivity contribution in [1.29, 1.82) is 0 Å². The molecule has 2 heterocycles. The molecule has 2 fully saturated rings. The molecule has 0 saturated carbocycles. The van der Waals surface area contributed by atoms with Crippen molar-refractivity contribution < 1.29 is 28.1 Å². The van der Waals surface area contributed by atoms with E-state index in [0.717, 1.165) is 0 Å². The molecule has 0 N–H and O–H groups in total. The molecule has 7 heteroatoms. The summed E-state index contributed by atoms with van der Waals surface area (Å²) in [7, 11) is 0.481. The predicted octanol–water partition coefficient (Wildman–Crippen LogP) is 3.47. The van der Waals surface area contributed by atoms with Crippen LogP contribution in [0.25, 0.3) is 0 Å². The highest BCUT2D eigenvalue weighted by Crippen LogP contribution is 2.43. The summed E-state index contributed by atoms with van der Waals surface area (Å²) in [6, 6.07) is 21.2. The molecule has 4 rings (SSSR count). The maximum absolute atomic E-state index is 7.14. The first kappa shape index (κ1) is 25.5. The summed E-state index contributed by atoms with van der Waals surface area (Å²) in [5.74, 6) is -2.18. The van der Waals surface area contributed by atoms with E-state index in [2.05, 4.69) is 69.3 Å². The predicted molar refractivity (Wildman–Crippen MR) is 134 cm³/mol. The molecular formula is C27H38O6Si. The molecular weight excluding hydrogens is 448 g/mol. The minimum absolute atomic E-state index is 0.0522. The van der Waals surface area contributed by atoms with Crippen molar-refractivity contribution in [1.82, 2.24) is 0 Å². The lowest BCUT2D eigenvalue weighted by molar-refractivity contribution is -0.450. The summed E-state index contributed by atoms with van der Waals surface area (Å²) in [6.07, 6.45) is -0.766. The Morgan fingerprint density at radius 3 is 1.74 bits per heavy atom. The second kappa shape index (κ2) is 9.46. The minimum atomic E-state index is -2.73. The van der Waals surface area contributed by atoms with Crippen molar-refractivity contribution >= 4 is 18.7 Å². The van der Waals surface area contributed by atoms with Crippen LogP contribution < -0.4 is 10.4 Å². The smallest absolute Gasteiger partial charge is 0.261 e. The molecule has 2 aliphatic rings. The van der Waals surface area contributed by atoms with E-state index in [-0.39, 0.29) is 23.4 Å². The number of methoxy groups -OCH3 is 2. The summed E-state index contributed by atoms with van der Waals surface area (Å²) >= 11 is 0. The Morgan fingerprint density at radius 2 is 1.32 bits per heavy atom. The summed E-state index contributed by atoms with van der Waals surface area (Å²) < 4.78 is 37.3. The number of benzene rings is 2. The van der Waals surface area contributed by atoms with E-state index in [1.807, 2.05) is 26.0 Å². The first-order valence-corrected chi connectivity index (χ1v) is 13.8. The van der Waals surface area contributed by atoms with E-state index < -0.39 is 19.9 Å². The van der Waals surface area contributed by atoms with E-state index in [1.165, 1.54) is 10.4 Å². The fraction of sp³-hybridized carbons (Fsp3) is 0.556. The van der Waals surface area contributed by atoms with E-state index in [1.54, 1.807) is 14.2 Å². The highest BCUT2D eigenvalue weighted by atomic mass is 28.4. The summed E-state index contributed by atoms with van der Waals surface area (Å²) in [5.41, 5.74) is 0. The van der Waals surface area contributed by atoms with Crippen molar-refractivity contribution in [3.63, 3.8) is 0 Å². The lowest BCUT2D eigenvalue weighted by Crippen LogP contribution is -2.70. The van der Waals surface area contributed by atoms with Crippen LogP contribution in [0.1, 0.15) is 34.6 Å². The van der Waals surface area contributed by atoms with Gasteiger partial charge in [-0.05, 0) is 29.3 Å². The van der Waals surface area contributed by atoms with Gasteiger partial charge in [-0.1, -0.05) is 81.4 Å². The molecule has 1 unspecified atom stereocenters. The first-order valence-electron chi connectivity index (χ1n) is 11.9. The zero-order valence-electron chi connectivity index (χ0n) is 21.4. The minimum Gasteiger partial charge on any atom is -0.405 e. The molecule has 2 saturated heterocycles. The van der Waals surface area contributed by atoms with Gasteiger partial charge in [-0.2, -0.15) is 0 Å². The lowest BCUT2D eigenvalue weighted by atomic mass is 10.0. The summed E-state index contributed by atoms with van der Waals surface area (Å²) in [6.45, 7) is 11.5. The van der Waals surface area contributed by atoms with Crippen LogP contribution in [0, 0.1) is 0 Å². The maximum atomic E-state index is 7.14. The average molecular weight is 487 g/mol. The summed E-state index contributed by atoms with van der Waals surface area (Å²) in [5, 5.41) is 2.31. The normalized spacial score (nSPS) is 31.9. The van der Waals surface area contributed by atoms with Gasteiger partial charge in [0.15, 0.2) is 0 Å². The van der Waals surface area contributed by atoms with Gasteiger partial charge in [0, 0.05) is 14.2 Å². The van der Waals surface area contributed by atoms with E-state index in [9.17, 15) is 0 Å². The molecule has 0 amide bonds. The van der Waals surface area contributed by atoms with Gasteiger partial charge in [-0.15, -0.1) is 0 Å². The van der Waals surface area contributed by atoms with Crippen LogP contribution in [0.2, 0.25) is 5.04 Å². The Labute approximate surface area is 204 Å². The van der Waals surface area contributed by atoms with Gasteiger partial charge < -0.3 is 28.1 Å². The number of ether oxygens (including phenoxy) is 5. The zero-order chi connectivity index (χ0) is 24.6. The molecule has 0 aromatic heterocycles. The third-order valence-electron chi connectivity index (χ3n) is 7.31. The van der Waals surface area contributed by atoms with E-state index >= 15 is 0 Å². The average Bonchev–Trinajstić information content (AvgIpc) is 3.67. The van der Waals surface area contributed by atoms with Gasteiger partial charge in [0.1, 0.15) is 18.3 Å². The van der Waals surface area contributed by atoms with E-state index in [4.69, 9.17) is 28.1 Å². The van der Waals surface area contributed by atoms with Gasteiger partial charge in [-0.3, -0.25) is 0 Å². The molecule has 186 valence electrons. The van der Waals surface area contributed by atoms with Crippen LogP contribution in [0.15, 0.2) is 60.7 Å².